The highest BCUT2D eigenvalue weighted by atomic mass is 16.5. The standard InChI is InChI=1S/C20H16N2O4/c1-2-9-25-15-6-3-13(4-7-15)20(24)22-14-5-8-19-17(10-14)18(23)11-16(12-21)26-19/h3-8,10-11H,2,9H2,1H3,(H,22,24). The molecule has 3 rings (SSSR count). The van der Waals surface area contributed by atoms with Crippen molar-refractivity contribution in [2.24, 2.45) is 0 Å². The van der Waals surface area contributed by atoms with E-state index in [4.69, 9.17) is 14.4 Å². The van der Waals surface area contributed by atoms with Crippen LogP contribution in [-0.4, -0.2) is 12.5 Å². The number of carbonyl (C=O) groups is 1. The van der Waals surface area contributed by atoms with Gasteiger partial charge in [0.1, 0.15) is 17.4 Å². The van der Waals surface area contributed by atoms with E-state index in [1.807, 2.05) is 6.92 Å². The van der Waals surface area contributed by atoms with Crippen LogP contribution in [0.1, 0.15) is 29.5 Å². The van der Waals surface area contributed by atoms with E-state index in [1.165, 1.54) is 6.07 Å². The summed E-state index contributed by atoms with van der Waals surface area (Å²) in [6.45, 7) is 2.64. The Labute approximate surface area is 149 Å². The lowest BCUT2D eigenvalue weighted by atomic mass is 10.1. The molecule has 1 heterocycles. The van der Waals surface area contributed by atoms with Crippen LogP contribution >= 0.6 is 0 Å². The highest BCUT2D eigenvalue weighted by Gasteiger charge is 2.09. The Kier molecular flexibility index (Phi) is 4.99. The molecule has 0 saturated heterocycles. The second-order valence-electron chi connectivity index (χ2n) is 5.62. The number of ether oxygens (including phenoxy) is 1. The first-order chi connectivity index (χ1) is 12.6. The number of fused-ring (bicyclic) bond motifs is 1. The van der Waals surface area contributed by atoms with Crippen LogP contribution in [-0.2, 0) is 0 Å². The summed E-state index contributed by atoms with van der Waals surface area (Å²) in [6.07, 6.45) is 0.911. The zero-order chi connectivity index (χ0) is 18.5. The van der Waals surface area contributed by atoms with E-state index in [-0.39, 0.29) is 17.1 Å². The third-order valence-electron chi connectivity index (χ3n) is 3.68. The Morgan fingerprint density at radius 3 is 2.65 bits per heavy atom. The number of hydrogen-bond acceptors (Lipinski definition) is 5. The van der Waals surface area contributed by atoms with Crippen molar-refractivity contribution in [2.75, 3.05) is 11.9 Å². The first kappa shape index (κ1) is 17.2. The summed E-state index contributed by atoms with van der Waals surface area (Å²) in [5.74, 6) is 0.356. The Bertz CT molecular complexity index is 1050. The van der Waals surface area contributed by atoms with Gasteiger partial charge in [-0.05, 0) is 48.9 Å². The third kappa shape index (κ3) is 3.73. The van der Waals surface area contributed by atoms with Gasteiger partial charge >= 0.3 is 0 Å². The molecule has 0 fully saturated rings. The molecule has 130 valence electrons. The Hall–Kier alpha value is -3.59. The van der Waals surface area contributed by atoms with Gasteiger partial charge in [0, 0.05) is 17.3 Å². The maximum atomic E-state index is 12.4. The van der Waals surface area contributed by atoms with Crippen LogP contribution < -0.4 is 15.5 Å². The minimum absolute atomic E-state index is 0.0512. The molecule has 1 aromatic heterocycles. The first-order valence-electron chi connectivity index (χ1n) is 8.13. The van der Waals surface area contributed by atoms with Crippen LogP contribution in [0.5, 0.6) is 5.75 Å². The largest absolute Gasteiger partial charge is 0.494 e. The fourth-order valence-corrected chi connectivity index (χ4v) is 2.41. The smallest absolute Gasteiger partial charge is 0.255 e. The molecule has 0 radical (unpaired) electrons. The number of nitrogens with one attached hydrogen (secondary N) is 1. The van der Waals surface area contributed by atoms with E-state index in [2.05, 4.69) is 5.32 Å². The van der Waals surface area contributed by atoms with E-state index in [0.29, 0.717) is 34.6 Å². The quantitative estimate of drug-likeness (QED) is 0.759. The van der Waals surface area contributed by atoms with Crippen molar-refractivity contribution >= 4 is 22.6 Å². The Balaban J connectivity index is 1.80. The lowest BCUT2D eigenvalue weighted by Crippen LogP contribution is -2.12. The Morgan fingerprint density at radius 2 is 1.96 bits per heavy atom. The summed E-state index contributed by atoms with van der Waals surface area (Å²) >= 11 is 0. The van der Waals surface area contributed by atoms with Gasteiger partial charge < -0.3 is 14.5 Å². The molecule has 0 spiro atoms. The molecule has 26 heavy (non-hydrogen) atoms. The number of benzene rings is 2. The van der Waals surface area contributed by atoms with Gasteiger partial charge in [-0.2, -0.15) is 5.26 Å². The van der Waals surface area contributed by atoms with Crippen molar-refractivity contribution < 1.29 is 13.9 Å². The normalized spacial score (nSPS) is 10.3. The minimum atomic E-state index is -0.337. The predicted molar refractivity (Wildman–Crippen MR) is 97.4 cm³/mol. The molecule has 1 amide bonds. The molecule has 0 atom stereocenters. The summed E-state index contributed by atoms with van der Waals surface area (Å²) in [5, 5.41) is 11.9. The summed E-state index contributed by atoms with van der Waals surface area (Å²) in [4.78, 5) is 24.4. The van der Waals surface area contributed by atoms with E-state index < -0.39 is 0 Å². The zero-order valence-corrected chi connectivity index (χ0v) is 14.1. The first-order valence-corrected chi connectivity index (χ1v) is 8.13. The van der Waals surface area contributed by atoms with Gasteiger partial charge in [-0.3, -0.25) is 9.59 Å². The van der Waals surface area contributed by atoms with E-state index in [9.17, 15) is 9.59 Å². The number of nitriles is 1. The van der Waals surface area contributed by atoms with Gasteiger partial charge in [0.25, 0.3) is 5.91 Å². The van der Waals surface area contributed by atoms with Gasteiger partial charge in [0.2, 0.25) is 5.76 Å². The van der Waals surface area contributed by atoms with Crippen molar-refractivity contribution in [2.45, 2.75) is 13.3 Å². The topological polar surface area (TPSA) is 92.3 Å². The van der Waals surface area contributed by atoms with Gasteiger partial charge in [-0.25, -0.2) is 0 Å². The monoisotopic (exact) mass is 348 g/mol. The summed E-state index contributed by atoms with van der Waals surface area (Å²) in [6, 6.07) is 14.4. The van der Waals surface area contributed by atoms with Crippen LogP contribution in [0.2, 0.25) is 0 Å². The molecular weight excluding hydrogens is 332 g/mol. The third-order valence-corrected chi connectivity index (χ3v) is 3.68. The zero-order valence-electron chi connectivity index (χ0n) is 14.1. The van der Waals surface area contributed by atoms with Crippen LogP contribution in [0, 0.1) is 11.3 Å². The van der Waals surface area contributed by atoms with Gasteiger partial charge in [0.05, 0.1) is 12.0 Å². The Morgan fingerprint density at radius 1 is 1.19 bits per heavy atom. The maximum Gasteiger partial charge on any atom is 0.255 e. The molecule has 6 heteroatoms. The lowest BCUT2D eigenvalue weighted by Gasteiger charge is -2.08. The van der Waals surface area contributed by atoms with Gasteiger partial charge in [-0.15, -0.1) is 0 Å². The molecule has 0 saturated carbocycles. The van der Waals surface area contributed by atoms with Crippen LogP contribution in [0.15, 0.2) is 57.7 Å². The molecule has 0 bridgehead atoms. The van der Waals surface area contributed by atoms with E-state index in [1.54, 1.807) is 42.5 Å². The SMILES string of the molecule is CCCOc1ccc(C(=O)Nc2ccc3oc(C#N)cc(=O)c3c2)cc1. The van der Waals surface area contributed by atoms with Crippen molar-refractivity contribution in [3.8, 4) is 11.8 Å². The second-order valence-corrected chi connectivity index (χ2v) is 5.62. The minimum Gasteiger partial charge on any atom is -0.494 e. The highest BCUT2D eigenvalue weighted by molar-refractivity contribution is 6.05. The fraction of sp³-hybridized carbons (Fsp3) is 0.150. The maximum absolute atomic E-state index is 12.4. The highest BCUT2D eigenvalue weighted by Crippen LogP contribution is 2.19. The van der Waals surface area contributed by atoms with E-state index in [0.717, 1.165) is 12.5 Å². The van der Waals surface area contributed by atoms with Crippen molar-refractivity contribution in [1.82, 2.24) is 0 Å². The average molecular weight is 348 g/mol. The van der Waals surface area contributed by atoms with Gasteiger partial charge in [0.15, 0.2) is 5.43 Å². The molecule has 3 aromatic rings. The fourth-order valence-electron chi connectivity index (χ4n) is 2.41. The van der Waals surface area contributed by atoms with Gasteiger partial charge in [-0.1, -0.05) is 6.92 Å². The van der Waals surface area contributed by atoms with Crippen molar-refractivity contribution in [1.29, 1.82) is 5.26 Å². The number of rotatable bonds is 5. The summed E-state index contributed by atoms with van der Waals surface area (Å²) in [5.41, 5.74) is 0.896. The molecule has 2 aromatic carbocycles. The van der Waals surface area contributed by atoms with Crippen molar-refractivity contribution in [3.63, 3.8) is 0 Å². The van der Waals surface area contributed by atoms with E-state index >= 15 is 0 Å². The predicted octanol–water partition coefficient (Wildman–Crippen LogP) is 3.71. The number of hydrogen-bond donors (Lipinski definition) is 1. The van der Waals surface area contributed by atoms with Crippen LogP contribution in [0.25, 0.3) is 11.0 Å². The number of anilines is 1. The second kappa shape index (κ2) is 7.53. The number of amides is 1. The van der Waals surface area contributed by atoms with Crippen LogP contribution in [0.4, 0.5) is 5.69 Å². The molecule has 6 nitrogen and oxygen atoms in total. The summed E-state index contributed by atoms with van der Waals surface area (Å²) in [7, 11) is 0. The molecule has 0 aliphatic rings. The molecule has 0 aliphatic carbocycles. The average Bonchev–Trinajstić information content (AvgIpc) is 2.67. The molecule has 1 N–H and O–H groups in total. The molecular formula is C20H16N2O4. The number of nitrogens with zero attached hydrogens (tertiary/aromatic N) is 1. The number of carbonyl (C=O) groups excluding carboxylic acids is 1. The molecule has 0 aliphatic heterocycles. The van der Waals surface area contributed by atoms with Crippen LogP contribution in [0.3, 0.4) is 0 Å². The molecule has 0 unspecified atom stereocenters. The summed E-state index contributed by atoms with van der Waals surface area (Å²) < 4.78 is 10.8. The lowest BCUT2D eigenvalue weighted by molar-refractivity contribution is 0.102. The van der Waals surface area contributed by atoms with Crippen molar-refractivity contribution in [3.05, 3.63) is 70.1 Å².